The number of rotatable bonds is 3. The molecule has 0 spiro atoms. The van der Waals surface area contributed by atoms with Gasteiger partial charge in [0.15, 0.2) is 0 Å². The molecular formula is C8H17NO. The summed E-state index contributed by atoms with van der Waals surface area (Å²) in [5, 5.41) is 0. The smallest absolute Gasteiger partial charge is 0.0655 e. The lowest BCUT2D eigenvalue weighted by atomic mass is 10.1. The molecule has 0 aromatic heterocycles. The van der Waals surface area contributed by atoms with Crippen LogP contribution >= 0.6 is 0 Å². The molecule has 1 fully saturated rings. The number of nitrogens with two attached hydrogens (primary N) is 1. The van der Waals surface area contributed by atoms with Crippen molar-refractivity contribution in [1.82, 2.24) is 0 Å². The van der Waals surface area contributed by atoms with E-state index in [1.165, 1.54) is 25.7 Å². The van der Waals surface area contributed by atoms with Crippen LogP contribution in [0.1, 0.15) is 32.6 Å². The fraction of sp³-hybridized carbons (Fsp3) is 1.00. The predicted octanol–water partition coefficient (Wildman–Crippen LogP) is 1.29. The van der Waals surface area contributed by atoms with Gasteiger partial charge < -0.3 is 10.5 Å². The van der Waals surface area contributed by atoms with Crippen molar-refractivity contribution in [2.75, 3.05) is 13.2 Å². The Morgan fingerprint density at radius 2 is 2.00 bits per heavy atom. The molecule has 2 heteroatoms. The first-order valence-electron chi connectivity index (χ1n) is 4.11. The third-order valence-corrected chi connectivity index (χ3v) is 2.23. The highest BCUT2D eigenvalue weighted by Gasteiger charge is 2.28. The zero-order valence-corrected chi connectivity index (χ0v) is 6.73. The number of hydrogen-bond acceptors (Lipinski definition) is 2. The van der Waals surface area contributed by atoms with Crippen LogP contribution in [0.4, 0.5) is 0 Å². The van der Waals surface area contributed by atoms with Gasteiger partial charge in [0.1, 0.15) is 0 Å². The Hall–Kier alpha value is -0.0800. The molecule has 1 rings (SSSR count). The van der Waals surface area contributed by atoms with Gasteiger partial charge in [-0.05, 0) is 19.8 Å². The fourth-order valence-corrected chi connectivity index (χ4v) is 1.57. The third-order valence-electron chi connectivity index (χ3n) is 2.23. The molecule has 0 unspecified atom stereocenters. The van der Waals surface area contributed by atoms with E-state index < -0.39 is 0 Å². The van der Waals surface area contributed by atoms with Gasteiger partial charge in [-0.25, -0.2) is 0 Å². The zero-order chi connectivity index (χ0) is 7.45. The molecule has 0 saturated heterocycles. The van der Waals surface area contributed by atoms with E-state index in [1.807, 2.05) is 0 Å². The van der Waals surface area contributed by atoms with Crippen LogP contribution in [0.25, 0.3) is 0 Å². The largest absolute Gasteiger partial charge is 0.374 e. The SMILES string of the molecule is CC1(OCCN)CCCC1. The van der Waals surface area contributed by atoms with Gasteiger partial charge in [-0.3, -0.25) is 0 Å². The Morgan fingerprint density at radius 1 is 1.40 bits per heavy atom. The van der Waals surface area contributed by atoms with Gasteiger partial charge in [0.2, 0.25) is 0 Å². The molecular weight excluding hydrogens is 126 g/mol. The molecule has 60 valence electrons. The molecule has 1 saturated carbocycles. The lowest BCUT2D eigenvalue weighted by Gasteiger charge is -2.23. The van der Waals surface area contributed by atoms with Crippen molar-refractivity contribution >= 4 is 0 Å². The van der Waals surface area contributed by atoms with Crippen molar-refractivity contribution in [3.63, 3.8) is 0 Å². The van der Waals surface area contributed by atoms with E-state index >= 15 is 0 Å². The molecule has 0 aromatic carbocycles. The summed E-state index contributed by atoms with van der Waals surface area (Å²) in [5.41, 5.74) is 5.51. The molecule has 0 radical (unpaired) electrons. The van der Waals surface area contributed by atoms with Crippen molar-refractivity contribution in [2.45, 2.75) is 38.2 Å². The number of ether oxygens (including phenoxy) is 1. The molecule has 0 bridgehead atoms. The van der Waals surface area contributed by atoms with Crippen LogP contribution in [0.2, 0.25) is 0 Å². The van der Waals surface area contributed by atoms with Crippen molar-refractivity contribution in [2.24, 2.45) is 5.73 Å². The van der Waals surface area contributed by atoms with Crippen molar-refractivity contribution in [3.05, 3.63) is 0 Å². The average Bonchev–Trinajstić information content (AvgIpc) is 2.33. The summed E-state index contributed by atoms with van der Waals surface area (Å²) in [7, 11) is 0. The minimum Gasteiger partial charge on any atom is -0.374 e. The van der Waals surface area contributed by atoms with Crippen molar-refractivity contribution < 1.29 is 4.74 Å². The summed E-state index contributed by atoms with van der Waals surface area (Å²) in [6.45, 7) is 3.56. The Balaban J connectivity index is 2.22. The van der Waals surface area contributed by atoms with Gasteiger partial charge in [0.25, 0.3) is 0 Å². The van der Waals surface area contributed by atoms with E-state index in [-0.39, 0.29) is 5.60 Å². The zero-order valence-electron chi connectivity index (χ0n) is 6.73. The highest BCUT2D eigenvalue weighted by molar-refractivity contribution is 4.81. The summed E-state index contributed by atoms with van der Waals surface area (Å²) in [6, 6.07) is 0. The van der Waals surface area contributed by atoms with Gasteiger partial charge >= 0.3 is 0 Å². The van der Waals surface area contributed by atoms with Gasteiger partial charge in [0.05, 0.1) is 12.2 Å². The van der Waals surface area contributed by atoms with Crippen molar-refractivity contribution in [3.8, 4) is 0 Å². The monoisotopic (exact) mass is 143 g/mol. The topological polar surface area (TPSA) is 35.2 Å². The molecule has 0 aliphatic heterocycles. The molecule has 1 aliphatic carbocycles. The first kappa shape index (κ1) is 8.02. The van der Waals surface area contributed by atoms with E-state index in [1.54, 1.807) is 0 Å². The first-order valence-corrected chi connectivity index (χ1v) is 4.11. The molecule has 2 N–H and O–H groups in total. The summed E-state index contributed by atoms with van der Waals surface area (Å²) in [4.78, 5) is 0. The minimum absolute atomic E-state index is 0.166. The van der Waals surface area contributed by atoms with Crippen LogP contribution in [0.15, 0.2) is 0 Å². The summed E-state index contributed by atoms with van der Waals surface area (Å²) in [5.74, 6) is 0. The maximum absolute atomic E-state index is 5.61. The fourth-order valence-electron chi connectivity index (χ4n) is 1.57. The summed E-state index contributed by atoms with van der Waals surface area (Å²) in [6.07, 6.45) is 5.07. The molecule has 1 aliphatic rings. The molecule has 0 atom stereocenters. The predicted molar refractivity (Wildman–Crippen MR) is 41.9 cm³/mol. The van der Waals surface area contributed by atoms with E-state index in [0.717, 1.165) is 6.61 Å². The minimum atomic E-state index is 0.166. The third kappa shape index (κ3) is 1.96. The molecule has 2 nitrogen and oxygen atoms in total. The molecule has 10 heavy (non-hydrogen) atoms. The van der Waals surface area contributed by atoms with Crippen LogP contribution in [0, 0.1) is 0 Å². The summed E-state index contributed by atoms with van der Waals surface area (Å²) >= 11 is 0. The maximum atomic E-state index is 5.61. The molecule has 0 heterocycles. The average molecular weight is 143 g/mol. The van der Waals surface area contributed by atoms with Crippen LogP contribution in [-0.4, -0.2) is 18.8 Å². The van der Waals surface area contributed by atoms with Crippen LogP contribution in [0.5, 0.6) is 0 Å². The van der Waals surface area contributed by atoms with Gasteiger partial charge in [-0.1, -0.05) is 12.8 Å². The standard InChI is InChI=1S/C8H17NO/c1-8(10-7-6-9)4-2-3-5-8/h2-7,9H2,1H3. The maximum Gasteiger partial charge on any atom is 0.0655 e. The van der Waals surface area contributed by atoms with E-state index in [2.05, 4.69) is 6.92 Å². The second kappa shape index (κ2) is 3.35. The highest BCUT2D eigenvalue weighted by atomic mass is 16.5. The quantitative estimate of drug-likeness (QED) is 0.646. The summed E-state index contributed by atoms with van der Waals surface area (Å²) < 4.78 is 5.61. The van der Waals surface area contributed by atoms with E-state index in [4.69, 9.17) is 10.5 Å². The normalized spacial score (nSPS) is 23.4. The lowest BCUT2D eigenvalue weighted by molar-refractivity contribution is -0.0218. The Labute approximate surface area is 62.7 Å². The Kier molecular flexibility index (Phi) is 2.69. The van der Waals surface area contributed by atoms with Gasteiger partial charge in [-0.15, -0.1) is 0 Å². The highest BCUT2D eigenvalue weighted by Crippen LogP contribution is 2.32. The van der Waals surface area contributed by atoms with E-state index in [0.29, 0.717) is 6.54 Å². The van der Waals surface area contributed by atoms with Crippen LogP contribution in [-0.2, 0) is 4.74 Å². The van der Waals surface area contributed by atoms with Crippen LogP contribution < -0.4 is 5.73 Å². The van der Waals surface area contributed by atoms with E-state index in [9.17, 15) is 0 Å². The van der Waals surface area contributed by atoms with Crippen LogP contribution in [0.3, 0.4) is 0 Å². The van der Waals surface area contributed by atoms with Gasteiger partial charge in [0, 0.05) is 6.54 Å². The Morgan fingerprint density at radius 3 is 2.50 bits per heavy atom. The second-order valence-corrected chi connectivity index (χ2v) is 3.29. The Bertz CT molecular complexity index is 97.4. The van der Waals surface area contributed by atoms with Crippen molar-refractivity contribution in [1.29, 1.82) is 0 Å². The lowest BCUT2D eigenvalue weighted by Crippen LogP contribution is -2.27. The number of hydrogen-bond donors (Lipinski definition) is 1. The first-order chi connectivity index (χ1) is 4.77. The molecule has 0 amide bonds. The second-order valence-electron chi connectivity index (χ2n) is 3.29. The molecule has 0 aromatic rings. The van der Waals surface area contributed by atoms with Gasteiger partial charge in [-0.2, -0.15) is 0 Å².